The number of benzene rings is 1. The molecule has 0 fully saturated rings. The van der Waals surface area contributed by atoms with Gasteiger partial charge < -0.3 is 4.52 Å². The Morgan fingerprint density at radius 2 is 1.87 bits per heavy atom. The van der Waals surface area contributed by atoms with Crippen LogP contribution in [0.2, 0.25) is 0 Å². The second-order valence-electron chi connectivity index (χ2n) is 5.98. The number of aryl methyl sites for hydroxylation is 1. The predicted octanol–water partition coefficient (Wildman–Crippen LogP) is 3.69. The van der Waals surface area contributed by atoms with Gasteiger partial charge in [-0.05, 0) is 42.6 Å². The van der Waals surface area contributed by atoms with Crippen molar-refractivity contribution >= 4 is 0 Å². The molecule has 0 saturated heterocycles. The molecule has 0 saturated carbocycles. The molecular weight excluding hydrogens is 286 g/mol. The van der Waals surface area contributed by atoms with Gasteiger partial charge in [0.25, 0.3) is 0 Å². The largest absolute Gasteiger partial charge is 0.359 e. The third kappa shape index (κ3) is 3.17. The highest BCUT2D eigenvalue weighted by Gasteiger charge is 2.16. The minimum absolute atomic E-state index is 0.786. The van der Waals surface area contributed by atoms with Gasteiger partial charge in [-0.3, -0.25) is 9.88 Å². The van der Waals surface area contributed by atoms with Crippen molar-refractivity contribution in [3.8, 4) is 11.4 Å². The van der Waals surface area contributed by atoms with E-state index < -0.39 is 0 Å². The van der Waals surface area contributed by atoms with Gasteiger partial charge in [-0.25, -0.2) is 0 Å². The molecular formula is C19H19N3O. The molecule has 1 aliphatic heterocycles. The molecule has 1 aromatic carbocycles. The molecule has 0 bridgehead atoms. The maximum absolute atomic E-state index is 5.52. The van der Waals surface area contributed by atoms with Gasteiger partial charge in [0.15, 0.2) is 5.76 Å². The van der Waals surface area contributed by atoms with E-state index in [4.69, 9.17) is 4.52 Å². The topological polar surface area (TPSA) is 42.2 Å². The molecule has 0 radical (unpaired) electrons. The SMILES string of the molecule is c1ccc(-c2cc(CN3CCCc4ccccc4C3)on2)nc1. The highest BCUT2D eigenvalue weighted by Crippen LogP contribution is 2.22. The van der Waals surface area contributed by atoms with Crippen LogP contribution in [0.5, 0.6) is 0 Å². The number of pyridine rings is 1. The first-order chi connectivity index (χ1) is 11.4. The van der Waals surface area contributed by atoms with Crippen LogP contribution in [0.1, 0.15) is 23.3 Å². The highest BCUT2D eigenvalue weighted by molar-refractivity contribution is 5.52. The fourth-order valence-corrected chi connectivity index (χ4v) is 3.15. The molecule has 4 nitrogen and oxygen atoms in total. The molecule has 0 N–H and O–H groups in total. The summed E-state index contributed by atoms with van der Waals surface area (Å²) in [6.07, 6.45) is 4.11. The normalized spacial score (nSPS) is 15.1. The lowest BCUT2D eigenvalue weighted by atomic mass is 10.0. The number of fused-ring (bicyclic) bond motifs is 1. The fourth-order valence-electron chi connectivity index (χ4n) is 3.15. The van der Waals surface area contributed by atoms with Crippen LogP contribution < -0.4 is 0 Å². The van der Waals surface area contributed by atoms with Crippen LogP contribution in [0, 0.1) is 0 Å². The summed E-state index contributed by atoms with van der Waals surface area (Å²) < 4.78 is 5.52. The zero-order valence-electron chi connectivity index (χ0n) is 13.0. The summed E-state index contributed by atoms with van der Waals surface area (Å²) >= 11 is 0. The number of nitrogens with zero attached hydrogens (tertiary/aromatic N) is 3. The van der Waals surface area contributed by atoms with Gasteiger partial charge in [0.1, 0.15) is 5.69 Å². The quantitative estimate of drug-likeness (QED) is 0.740. The van der Waals surface area contributed by atoms with Gasteiger partial charge >= 0.3 is 0 Å². The van der Waals surface area contributed by atoms with E-state index >= 15 is 0 Å². The lowest BCUT2D eigenvalue weighted by Gasteiger charge is -2.18. The fraction of sp³-hybridized carbons (Fsp3) is 0.263. The molecule has 0 atom stereocenters. The Hall–Kier alpha value is -2.46. The first-order valence-corrected chi connectivity index (χ1v) is 8.04. The Kier molecular flexibility index (Phi) is 3.90. The van der Waals surface area contributed by atoms with Crippen LogP contribution >= 0.6 is 0 Å². The van der Waals surface area contributed by atoms with Gasteiger partial charge in [-0.1, -0.05) is 35.5 Å². The zero-order chi connectivity index (χ0) is 15.5. The summed E-state index contributed by atoms with van der Waals surface area (Å²) in [7, 11) is 0. The van der Waals surface area contributed by atoms with Crippen LogP contribution in [0.15, 0.2) is 59.3 Å². The lowest BCUT2D eigenvalue weighted by Crippen LogP contribution is -2.22. The Bertz CT molecular complexity index is 782. The van der Waals surface area contributed by atoms with E-state index in [0.29, 0.717) is 0 Å². The van der Waals surface area contributed by atoms with Crippen molar-refractivity contribution in [1.82, 2.24) is 15.0 Å². The van der Waals surface area contributed by atoms with Crippen LogP contribution in [0.3, 0.4) is 0 Å². The van der Waals surface area contributed by atoms with E-state index in [9.17, 15) is 0 Å². The van der Waals surface area contributed by atoms with E-state index in [2.05, 4.69) is 39.3 Å². The minimum atomic E-state index is 0.786. The summed E-state index contributed by atoms with van der Waals surface area (Å²) in [5, 5.41) is 4.16. The summed E-state index contributed by atoms with van der Waals surface area (Å²) in [4.78, 5) is 6.74. The number of aromatic nitrogens is 2. The molecule has 1 aliphatic rings. The minimum Gasteiger partial charge on any atom is -0.359 e. The number of hydrogen-bond donors (Lipinski definition) is 0. The van der Waals surface area contributed by atoms with E-state index in [0.717, 1.165) is 43.2 Å². The Balaban J connectivity index is 1.49. The van der Waals surface area contributed by atoms with E-state index in [1.54, 1.807) is 6.20 Å². The molecule has 0 spiro atoms. The third-order valence-corrected chi connectivity index (χ3v) is 4.30. The van der Waals surface area contributed by atoms with Gasteiger partial charge in [0.05, 0.1) is 12.2 Å². The molecule has 2 aromatic heterocycles. The first kappa shape index (κ1) is 14.2. The Morgan fingerprint density at radius 1 is 1.00 bits per heavy atom. The van der Waals surface area contributed by atoms with E-state index in [-0.39, 0.29) is 0 Å². The molecule has 116 valence electrons. The van der Waals surface area contributed by atoms with Crippen LogP contribution in [-0.4, -0.2) is 21.6 Å². The lowest BCUT2D eigenvalue weighted by molar-refractivity contribution is 0.226. The van der Waals surface area contributed by atoms with Gasteiger partial charge in [0, 0.05) is 18.8 Å². The Labute approximate surface area is 135 Å². The average Bonchev–Trinajstić information content (AvgIpc) is 2.96. The van der Waals surface area contributed by atoms with Crippen molar-refractivity contribution in [2.45, 2.75) is 25.9 Å². The average molecular weight is 305 g/mol. The smallest absolute Gasteiger partial charge is 0.151 e. The number of hydrogen-bond acceptors (Lipinski definition) is 4. The zero-order valence-corrected chi connectivity index (χ0v) is 13.0. The van der Waals surface area contributed by atoms with Crippen molar-refractivity contribution < 1.29 is 4.52 Å². The third-order valence-electron chi connectivity index (χ3n) is 4.30. The Morgan fingerprint density at radius 3 is 2.74 bits per heavy atom. The summed E-state index contributed by atoms with van der Waals surface area (Å²) in [6.45, 7) is 2.83. The van der Waals surface area contributed by atoms with Gasteiger partial charge in [-0.2, -0.15) is 0 Å². The molecule has 0 amide bonds. The first-order valence-electron chi connectivity index (χ1n) is 8.04. The predicted molar refractivity (Wildman–Crippen MR) is 88.6 cm³/mol. The summed E-state index contributed by atoms with van der Waals surface area (Å²) in [5.41, 5.74) is 4.55. The van der Waals surface area contributed by atoms with Gasteiger partial charge in [-0.15, -0.1) is 0 Å². The maximum Gasteiger partial charge on any atom is 0.151 e. The standard InChI is InChI=1S/C19H19N3O/c1-2-7-16-13-22(11-5-8-15(16)6-1)14-17-12-19(21-23-17)18-9-3-4-10-20-18/h1-4,6-7,9-10,12H,5,8,11,13-14H2. The molecule has 4 heteroatoms. The second-order valence-corrected chi connectivity index (χ2v) is 5.98. The summed E-state index contributed by atoms with van der Waals surface area (Å²) in [5.74, 6) is 0.894. The molecule has 0 aliphatic carbocycles. The van der Waals surface area contributed by atoms with Gasteiger partial charge in [0.2, 0.25) is 0 Å². The number of rotatable bonds is 3. The molecule has 23 heavy (non-hydrogen) atoms. The van der Waals surface area contributed by atoms with Crippen LogP contribution in [-0.2, 0) is 19.5 Å². The molecule has 4 rings (SSSR count). The van der Waals surface area contributed by atoms with Crippen molar-refractivity contribution in [3.05, 3.63) is 71.6 Å². The highest BCUT2D eigenvalue weighted by atomic mass is 16.5. The van der Waals surface area contributed by atoms with Crippen molar-refractivity contribution in [2.75, 3.05) is 6.54 Å². The van der Waals surface area contributed by atoms with E-state index in [1.807, 2.05) is 24.3 Å². The van der Waals surface area contributed by atoms with Crippen molar-refractivity contribution in [1.29, 1.82) is 0 Å². The van der Waals surface area contributed by atoms with Crippen LogP contribution in [0.4, 0.5) is 0 Å². The molecule has 3 aromatic rings. The van der Waals surface area contributed by atoms with Crippen molar-refractivity contribution in [2.24, 2.45) is 0 Å². The van der Waals surface area contributed by atoms with E-state index in [1.165, 1.54) is 17.5 Å². The molecule has 3 heterocycles. The molecule has 0 unspecified atom stereocenters. The summed E-state index contributed by atoms with van der Waals surface area (Å²) in [6, 6.07) is 16.5. The maximum atomic E-state index is 5.52. The van der Waals surface area contributed by atoms with Crippen LogP contribution in [0.25, 0.3) is 11.4 Å². The van der Waals surface area contributed by atoms with Crippen molar-refractivity contribution in [3.63, 3.8) is 0 Å². The second kappa shape index (κ2) is 6.34. The monoisotopic (exact) mass is 305 g/mol.